The zero-order valence-electron chi connectivity index (χ0n) is 11.0. The maximum absolute atomic E-state index is 11.2. The minimum atomic E-state index is -0.389. The molecule has 0 aliphatic heterocycles. The maximum atomic E-state index is 11.2. The topological polar surface area (TPSA) is 29.5 Å². The lowest BCUT2D eigenvalue weighted by atomic mass is 10.0. The molecular weight excluding hydrogens is 341 g/mol. The lowest BCUT2D eigenvalue weighted by Gasteiger charge is -2.29. The predicted molar refractivity (Wildman–Crippen MR) is 84.0 cm³/mol. The number of halogens is 1. The van der Waals surface area contributed by atoms with Crippen LogP contribution in [0.2, 0.25) is 0 Å². The van der Waals surface area contributed by atoms with Gasteiger partial charge in [-0.25, -0.2) is 4.79 Å². The first-order valence-corrected chi connectivity index (χ1v) is 5.60. The number of ether oxygens (including phenoxy) is 1. The Hall–Kier alpha value is -0.880. The fraction of sp³-hybridized carbons (Fsp3) is 0.357. The molecule has 1 aromatic carbocycles. The van der Waals surface area contributed by atoms with E-state index in [1.54, 1.807) is 0 Å². The van der Waals surface area contributed by atoms with Crippen molar-refractivity contribution in [3.8, 4) is 0 Å². The zero-order chi connectivity index (χ0) is 12.8. The first-order valence-electron chi connectivity index (χ1n) is 5.60. The monoisotopic (exact) mass is 361 g/mol. The van der Waals surface area contributed by atoms with Gasteiger partial charge in [-0.2, -0.15) is 0 Å². The number of likely N-dealkylation sites (N-methyl/N-ethyl adjacent to an activating group) is 1. The number of carbonyl (C=O) groups excluding carboxylic acids is 1. The molecule has 0 N–H and O–H groups in total. The van der Waals surface area contributed by atoms with E-state index < -0.39 is 0 Å². The van der Waals surface area contributed by atoms with Gasteiger partial charge in [0.2, 0.25) is 0 Å². The normalized spacial score (nSPS) is 13.3. The Kier molecular flexibility index (Phi) is 7.86. The van der Waals surface area contributed by atoms with E-state index in [4.69, 9.17) is 4.74 Å². The van der Waals surface area contributed by atoms with Crippen molar-refractivity contribution in [3.63, 3.8) is 0 Å². The summed E-state index contributed by atoms with van der Waals surface area (Å²) in [7, 11) is 3.94. The van der Waals surface area contributed by atoms with Gasteiger partial charge in [-0.1, -0.05) is 36.9 Å². The molecule has 0 spiro atoms. The highest BCUT2D eigenvalue weighted by molar-refractivity contribution is 14.0. The van der Waals surface area contributed by atoms with E-state index in [0.717, 1.165) is 5.56 Å². The fourth-order valence-electron chi connectivity index (χ4n) is 1.94. The van der Waals surface area contributed by atoms with Crippen LogP contribution in [0.25, 0.3) is 0 Å². The van der Waals surface area contributed by atoms with E-state index in [1.807, 2.05) is 56.3 Å². The number of nitrogens with zero attached hydrogens (tertiary/aromatic N) is 1. The van der Waals surface area contributed by atoms with Gasteiger partial charge in [0.1, 0.15) is 6.10 Å². The lowest BCUT2D eigenvalue weighted by molar-refractivity contribution is -0.145. The van der Waals surface area contributed by atoms with Crippen LogP contribution in [0.15, 0.2) is 43.0 Å². The first-order chi connectivity index (χ1) is 8.06. The average Bonchev–Trinajstić information content (AvgIpc) is 2.29. The van der Waals surface area contributed by atoms with Gasteiger partial charge in [-0.15, -0.1) is 24.0 Å². The Morgan fingerprint density at radius 2 is 1.89 bits per heavy atom. The summed E-state index contributed by atoms with van der Waals surface area (Å²) in [6, 6.07) is 10.0. The minimum Gasteiger partial charge on any atom is -0.457 e. The van der Waals surface area contributed by atoms with E-state index in [1.165, 1.54) is 6.08 Å². The molecule has 3 nitrogen and oxygen atoms in total. The molecule has 0 fully saturated rings. The molecule has 0 aliphatic carbocycles. The van der Waals surface area contributed by atoms with Gasteiger partial charge in [0.15, 0.2) is 0 Å². The molecule has 0 saturated carbocycles. The molecule has 0 heterocycles. The number of rotatable bonds is 5. The number of carbonyl (C=O) groups is 1. The fourth-order valence-corrected chi connectivity index (χ4v) is 1.94. The van der Waals surface area contributed by atoms with E-state index in [-0.39, 0.29) is 42.1 Å². The second kappa shape index (κ2) is 8.26. The number of benzene rings is 1. The van der Waals surface area contributed by atoms with Crippen molar-refractivity contribution >= 4 is 29.9 Å². The highest BCUT2D eigenvalue weighted by Gasteiger charge is 2.23. The number of hydrogen-bond donors (Lipinski definition) is 0. The van der Waals surface area contributed by atoms with Gasteiger partial charge in [-0.3, -0.25) is 4.90 Å². The van der Waals surface area contributed by atoms with Crippen molar-refractivity contribution in [3.05, 3.63) is 48.6 Å². The molecule has 0 aromatic heterocycles. The molecular formula is C14H20INO2. The molecule has 2 unspecified atom stereocenters. The molecule has 18 heavy (non-hydrogen) atoms. The van der Waals surface area contributed by atoms with Crippen LogP contribution in [0.3, 0.4) is 0 Å². The molecule has 0 amide bonds. The van der Waals surface area contributed by atoms with Crippen LogP contribution in [0, 0.1) is 0 Å². The van der Waals surface area contributed by atoms with E-state index in [2.05, 4.69) is 6.58 Å². The standard InChI is InChI=1S/C14H19NO2.HI/c1-5-13(16)17-11(2)14(15(3)4)12-9-7-6-8-10-12;/h5-11,14H,1H2,2-4H3;1H. The van der Waals surface area contributed by atoms with Crippen molar-refractivity contribution in [2.24, 2.45) is 0 Å². The summed E-state index contributed by atoms with van der Waals surface area (Å²) >= 11 is 0. The Bertz CT molecular complexity index is 379. The maximum Gasteiger partial charge on any atom is 0.330 e. The SMILES string of the molecule is C=CC(=O)OC(C)C(c1ccccc1)N(C)C.I. The molecule has 4 heteroatoms. The second-order valence-corrected chi connectivity index (χ2v) is 4.17. The van der Waals surface area contributed by atoms with Crippen molar-refractivity contribution in [2.75, 3.05) is 14.1 Å². The molecule has 2 atom stereocenters. The van der Waals surface area contributed by atoms with E-state index in [0.29, 0.717) is 0 Å². The van der Waals surface area contributed by atoms with Gasteiger partial charge in [0.05, 0.1) is 6.04 Å². The highest BCUT2D eigenvalue weighted by Crippen LogP contribution is 2.23. The van der Waals surface area contributed by atoms with Crippen LogP contribution in [0.1, 0.15) is 18.5 Å². The Morgan fingerprint density at radius 1 is 1.33 bits per heavy atom. The van der Waals surface area contributed by atoms with Crippen molar-refractivity contribution in [1.82, 2.24) is 4.90 Å². The van der Waals surface area contributed by atoms with Crippen LogP contribution in [-0.4, -0.2) is 31.1 Å². The van der Waals surface area contributed by atoms with Gasteiger partial charge >= 0.3 is 5.97 Å². The van der Waals surface area contributed by atoms with Gasteiger partial charge < -0.3 is 4.74 Å². The van der Waals surface area contributed by atoms with Crippen molar-refractivity contribution in [2.45, 2.75) is 19.1 Å². The van der Waals surface area contributed by atoms with Gasteiger partial charge in [-0.05, 0) is 26.6 Å². The Labute approximate surface area is 126 Å². The largest absolute Gasteiger partial charge is 0.457 e. The summed E-state index contributed by atoms with van der Waals surface area (Å²) in [5.41, 5.74) is 1.13. The molecule has 100 valence electrons. The third kappa shape index (κ3) is 4.78. The van der Waals surface area contributed by atoms with Crippen LogP contribution in [0.5, 0.6) is 0 Å². The lowest BCUT2D eigenvalue weighted by Crippen LogP contribution is -2.32. The summed E-state index contributed by atoms with van der Waals surface area (Å²) < 4.78 is 5.28. The third-order valence-electron chi connectivity index (χ3n) is 2.61. The Balaban J connectivity index is 0.00000289. The summed E-state index contributed by atoms with van der Waals surface area (Å²) in [6.07, 6.45) is 0.965. The smallest absolute Gasteiger partial charge is 0.330 e. The van der Waals surface area contributed by atoms with Crippen LogP contribution < -0.4 is 0 Å². The number of hydrogen-bond acceptors (Lipinski definition) is 3. The van der Waals surface area contributed by atoms with Crippen LogP contribution in [0.4, 0.5) is 0 Å². The molecule has 0 aliphatic rings. The molecule has 1 rings (SSSR count). The summed E-state index contributed by atoms with van der Waals surface area (Å²) in [6.45, 7) is 5.29. The second-order valence-electron chi connectivity index (χ2n) is 4.17. The predicted octanol–water partition coefficient (Wildman–Crippen LogP) is 3.03. The summed E-state index contributed by atoms with van der Waals surface area (Å²) in [5.74, 6) is -0.389. The molecule has 0 radical (unpaired) electrons. The van der Waals surface area contributed by atoms with E-state index >= 15 is 0 Å². The third-order valence-corrected chi connectivity index (χ3v) is 2.61. The molecule has 1 aromatic rings. The zero-order valence-corrected chi connectivity index (χ0v) is 13.3. The van der Waals surface area contributed by atoms with Crippen molar-refractivity contribution in [1.29, 1.82) is 0 Å². The first kappa shape index (κ1) is 17.1. The van der Waals surface area contributed by atoms with Crippen LogP contribution >= 0.6 is 24.0 Å². The van der Waals surface area contributed by atoms with Gasteiger partial charge in [0.25, 0.3) is 0 Å². The van der Waals surface area contributed by atoms with Crippen molar-refractivity contribution < 1.29 is 9.53 Å². The quantitative estimate of drug-likeness (QED) is 0.459. The summed E-state index contributed by atoms with van der Waals surface area (Å²) in [4.78, 5) is 13.3. The minimum absolute atomic E-state index is 0. The average molecular weight is 361 g/mol. The van der Waals surface area contributed by atoms with Gasteiger partial charge in [0, 0.05) is 6.08 Å². The molecule has 0 saturated heterocycles. The number of esters is 1. The Morgan fingerprint density at radius 3 is 2.33 bits per heavy atom. The van der Waals surface area contributed by atoms with E-state index in [9.17, 15) is 4.79 Å². The summed E-state index contributed by atoms with van der Waals surface area (Å²) in [5, 5.41) is 0. The highest BCUT2D eigenvalue weighted by atomic mass is 127. The van der Waals surface area contributed by atoms with Crippen LogP contribution in [-0.2, 0) is 9.53 Å². The molecule has 0 bridgehead atoms.